The molecule has 1 rings (SSSR count). The molecule has 1 aromatic carbocycles. The number of rotatable bonds is 3. The topological polar surface area (TPSA) is 81.9 Å². The first-order chi connectivity index (χ1) is 7.13. The van der Waals surface area contributed by atoms with Gasteiger partial charge < -0.3 is 10.2 Å². The summed E-state index contributed by atoms with van der Waals surface area (Å²) in [4.78, 5) is 10.8. The van der Waals surface area contributed by atoms with Crippen LogP contribution in [0.1, 0.15) is 18.9 Å². The number of nitrogens with one attached hydrogen (secondary N) is 1. The van der Waals surface area contributed by atoms with E-state index in [1.807, 2.05) is 0 Å². The molecule has 5 nitrogen and oxygen atoms in total. The number of nitrogens with zero attached hydrogens (tertiary/aromatic N) is 1. The SMILES string of the molecule is CCC(=O)N/N=C/c1ccc(O)cc1O. The third-order valence-electron chi connectivity index (χ3n) is 1.73. The maximum Gasteiger partial charge on any atom is 0.239 e. The van der Waals surface area contributed by atoms with Crippen LogP contribution in [0.4, 0.5) is 0 Å². The van der Waals surface area contributed by atoms with E-state index in [-0.39, 0.29) is 17.4 Å². The summed E-state index contributed by atoms with van der Waals surface area (Å²) in [5, 5.41) is 22.0. The lowest BCUT2D eigenvalue weighted by atomic mass is 10.2. The first kappa shape index (κ1) is 11.0. The fourth-order valence-electron chi connectivity index (χ4n) is 0.894. The number of phenols is 2. The van der Waals surface area contributed by atoms with Crippen LogP contribution in [0.2, 0.25) is 0 Å². The quantitative estimate of drug-likeness (QED) is 0.511. The molecular weight excluding hydrogens is 196 g/mol. The van der Waals surface area contributed by atoms with Crippen LogP contribution in [0.15, 0.2) is 23.3 Å². The molecular formula is C10H12N2O3. The summed E-state index contributed by atoms with van der Waals surface area (Å²) in [5.41, 5.74) is 2.70. The minimum atomic E-state index is -0.204. The van der Waals surface area contributed by atoms with Gasteiger partial charge in [-0.25, -0.2) is 5.43 Å². The number of hydrogen-bond donors (Lipinski definition) is 3. The molecule has 0 bridgehead atoms. The van der Waals surface area contributed by atoms with Crippen molar-refractivity contribution < 1.29 is 15.0 Å². The summed E-state index contributed by atoms with van der Waals surface area (Å²) in [5.74, 6) is -0.323. The molecule has 5 heteroatoms. The van der Waals surface area contributed by atoms with Crippen molar-refractivity contribution in [3.63, 3.8) is 0 Å². The monoisotopic (exact) mass is 208 g/mol. The zero-order valence-electron chi connectivity index (χ0n) is 8.27. The van der Waals surface area contributed by atoms with Gasteiger partial charge in [-0.15, -0.1) is 0 Å². The number of carbonyl (C=O) groups is 1. The molecule has 0 aliphatic rings. The molecule has 0 radical (unpaired) electrons. The van der Waals surface area contributed by atoms with E-state index in [0.717, 1.165) is 0 Å². The Kier molecular flexibility index (Phi) is 3.68. The molecule has 0 aliphatic carbocycles. The van der Waals surface area contributed by atoms with Gasteiger partial charge in [-0.1, -0.05) is 6.92 Å². The van der Waals surface area contributed by atoms with E-state index >= 15 is 0 Å². The molecule has 0 unspecified atom stereocenters. The van der Waals surface area contributed by atoms with Crippen molar-refractivity contribution in [1.29, 1.82) is 0 Å². The van der Waals surface area contributed by atoms with Crippen LogP contribution in [-0.4, -0.2) is 22.3 Å². The zero-order chi connectivity index (χ0) is 11.3. The summed E-state index contributed by atoms with van der Waals surface area (Å²) in [6.07, 6.45) is 1.65. The average Bonchev–Trinajstić information content (AvgIpc) is 2.21. The summed E-state index contributed by atoms with van der Waals surface area (Å²) >= 11 is 0. The fraction of sp³-hybridized carbons (Fsp3) is 0.200. The molecule has 0 saturated carbocycles. The van der Waals surface area contributed by atoms with E-state index in [9.17, 15) is 9.90 Å². The average molecular weight is 208 g/mol. The lowest BCUT2D eigenvalue weighted by Crippen LogP contribution is -2.15. The van der Waals surface area contributed by atoms with Gasteiger partial charge in [0.05, 0.1) is 6.21 Å². The van der Waals surface area contributed by atoms with Crippen LogP contribution < -0.4 is 5.43 Å². The second kappa shape index (κ2) is 4.99. The molecule has 0 fully saturated rings. The molecule has 0 atom stereocenters. The fourth-order valence-corrected chi connectivity index (χ4v) is 0.894. The minimum Gasteiger partial charge on any atom is -0.508 e. The standard InChI is InChI=1S/C10H12N2O3/c1-2-10(15)12-11-6-7-3-4-8(13)5-9(7)14/h3-6,13-14H,2H2,1H3,(H,12,15)/b11-6+. The Hall–Kier alpha value is -2.04. The molecule has 3 N–H and O–H groups in total. The minimum absolute atomic E-state index is 0.0257. The Labute approximate surface area is 87.1 Å². The van der Waals surface area contributed by atoms with Crippen LogP contribution in [0.25, 0.3) is 0 Å². The van der Waals surface area contributed by atoms with Crippen molar-refractivity contribution in [1.82, 2.24) is 5.43 Å². The Morgan fingerprint density at radius 1 is 1.53 bits per heavy atom. The van der Waals surface area contributed by atoms with Gasteiger partial charge in [0.2, 0.25) is 5.91 Å². The number of phenolic OH excluding ortho intramolecular Hbond substituents is 2. The van der Waals surface area contributed by atoms with Gasteiger partial charge in [-0.2, -0.15) is 5.10 Å². The molecule has 0 saturated heterocycles. The maximum absolute atomic E-state index is 10.8. The van der Waals surface area contributed by atoms with Crippen molar-refractivity contribution in [3.8, 4) is 11.5 Å². The zero-order valence-corrected chi connectivity index (χ0v) is 8.27. The molecule has 1 amide bonds. The van der Waals surface area contributed by atoms with Gasteiger partial charge in [0.25, 0.3) is 0 Å². The van der Waals surface area contributed by atoms with E-state index in [4.69, 9.17) is 5.11 Å². The van der Waals surface area contributed by atoms with Gasteiger partial charge in [-0.3, -0.25) is 4.79 Å². The van der Waals surface area contributed by atoms with Gasteiger partial charge in [-0.05, 0) is 12.1 Å². The Bertz CT molecular complexity index is 388. The number of hydrogen-bond acceptors (Lipinski definition) is 4. The second-order valence-corrected chi connectivity index (χ2v) is 2.89. The summed E-state index contributed by atoms with van der Waals surface area (Å²) in [6.45, 7) is 1.71. The van der Waals surface area contributed by atoms with Crippen LogP contribution in [0.5, 0.6) is 11.5 Å². The van der Waals surface area contributed by atoms with Crippen molar-refractivity contribution >= 4 is 12.1 Å². The Morgan fingerprint density at radius 3 is 2.87 bits per heavy atom. The van der Waals surface area contributed by atoms with Gasteiger partial charge in [0.15, 0.2) is 0 Å². The molecule has 0 aliphatic heterocycles. The highest BCUT2D eigenvalue weighted by molar-refractivity contribution is 5.85. The highest BCUT2D eigenvalue weighted by atomic mass is 16.3. The van der Waals surface area contributed by atoms with E-state index in [1.54, 1.807) is 6.92 Å². The molecule has 80 valence electrons. The summed E-state index contributed by atoms with van der Waals surface area (Å²) in [7, 11) is 0. The van der Waals surface area contributed by atoms with Crippen molar-refractivity contribution in [2.75, 3.05) is 0 Å². The molecule has 0 spiro atoms. The van der Waals surface area contributed by atoms with E-state index in [1.165, 1.54) is 24.4 Å². The molecule has 0 heterocycles. The van der Waals surface area contributed by atoms with Gasteiger partial charge >= 0.3 is 0 Å². The number of benzene rings is 1. The van der Waals surface area contributed by atoms with Crippen LogP contribution in [-0.2, 0) is 4.79 Å². The van der Waals surface area contributed by atoms with Crippen LogP contribution in [0, 0.1) is 0 Å². The smallest absolute Gasteiger partial charge is 0.239 e. The number of aromatic hydroxyl groups is 2. The van der Waals surface area contributed by atoms with Crippen molar-refractivity contribution in [2.45, 2.75) is 13.3 Å². The Morgan fingerprint density at radius 2 is 2.27 bits per heavy atom. The number of carbonyl (C=O) groups excluding carboxylic acids is 1. The van der Waals surface area contributed by atoms with Crippen molar-refractivity contribution in [3.05, 3.63) is 23.8 Å². The van der Waals surface area contributed by atoms with E-state index in [0.29, 0.717) is 12.0 Å². The molecule has 0 aromatic heterocycles. The first-order valence-electron chi connectivity index (χ1n) is 4.47. The summed E-state index contributed by atoms with van der Waals surface area (Å²) < 4.78 is 0. The van der Waals surface area contributed by atoms with Crippen molar-refractivity contribution in [2.24, 2.45) is 5.10 Å². The molecule has 15 heavy (non-hydrogen) atoms. The first-order valence-corrected chi connectivity index (χ1v) is 4.47. The van der Waals surface area contributed by atoms with Crippen LogP contribution >= 0.6 is 0 Å². The normalized spacial score (nSPS) is 10.5. The lowest BCUT2D eigenvalue weighted by Gasteiger charge is -1.99. The number of amides is 1. The second-order valence-electron chi connectivity index (χ2n) is 2.89. The Balaban J connectivity index is 2.68. The number of hydrazone groups is 1. The lowest BCUT2D eigenvalue weighted by molar-refractivity contribution is -0.120. The van der Waals surface area contributed by atoms with Gasteiger partial charge in [0.1, 0.15) is 11.5 Å². The third-order valence-corrected chi connectivity index (χ3v) is 1.73. The third kappa shape index (κ3) is 3.30. The summed E-state index contributed by atoms with van der Waals surface area (Å²) in [6, 6.07) is 4.11. The van der Waals surface area contributed by atoms with Crippen LogP contribution in [0.3, 0.4) is 0 Å². The predicted molar refractivity (Wildman–Crippen MR) is 55.8 cm³/mol. The van der Waals surface area contributed by atoms with E-state index in [2.05, 4.69) is 10.5 Å². The van der Waals surface area contributed by atoms with E-state index < -0.39 is 0 Å². The molecule has 1 aromatic rings. The highest BCUT2D eigenvalue weighted by Crippen LogP contribution is 2.20. The maximum atomic E-state index is 10.8. The predicted octanol–water partition coefficient (Wildman–Crippen LogP) is 0.958. The van der Waals surface area contributed by atoms with Gasteiger partial charge in [0, 0.05) is 18.1 Å². The largest absolute Gasteiger partial charge is 0.508 e. The highest BCUT2D eigenvalue weighted by Gasteiger charge is 1.99.